The molecular weight excluding hydrogens is 573 g/mol. The molecular formula is C24H28F8N5O2P. The quantitative estimate of drug-likeness (QED) is 0.127. The van der Waals surface area contributed by atoms with Gasteiger partial charge in [-0.2, -0.15) is 22.0 Å². The topological polar surface area (TPSA) is 123 Å². The van der Waals surface area contributed by atoms with Crippen molar-refractivity contribution in [3.05, 3.63) is 64.5 Å². The van der Waals surface area contributed by atoms with Gasteiger partial charge in [0.1, 0.15) is 5.82 Å². The molecule has 0 aliphatic rings. The average Bonchev–Trinajstić information content (AvgIpc) is 2.83. The predicted octanol–water partition coefficient (Wildman–Crippen LogP) is 5.33. The van der Waals surface area contributed by atoms with E-state index in [1.54, 1.807) is 0 Å². The van der Waals surface area contributed by atoms with E-state index in [0.29, 0.717) is 18.9 Å². The molecule has 0 spiro atoms. The number of benzene rings is 2. The number of amides is 2. The van der Waals surface area contributed by atoms with E-state index in [1.807, 2.05) is 6.92 Å². The molecule has 0 aromatic heterocycles. The average molecular weight is 601 g/mol. The summed E-state index contributed by atoms with van der Waals surface area (Å²) >= 11 is 0. The molecule has 0 radical (unpaired) electrons. The lowest BCUT2D eigenvalue weighted by molar-refractivity contribution is -0.137. The fourth-order valence-corrected chi connectivity index (χ4v) is 3.53. The Labute approximate surface area is 227 Å². The second-order valence-corrected chi connectivity index (χ2v) is 8.97. The molecule has 222 valence electrons. The van der Waals surface area contributed by atoms with Gasteiger partial charge in [-0.05, 0) is 48.4 Å². The Bertz CT molecular complexity index is 1180. The van der Waals surface area contributed by atoms with Gasteiger partial charge in [0.25, 0.3) is 11.6 Å². The highest BCUT2D eigenvalue weighted by Crippen LogP contribution is 2.37. The minimum atomic E-state index is -4.79. The maximum absolute atomic E-state index is 13.9. The SMILES string of the molecule is CCCCC(NC(=O)CNC(=O)c1cc(N=C(N)N)cc(C(F)(F)P)c1)c1cc(F)cc(C(F)(F)F)c1.FCF. The number of nitrogens with two attached hydrogens (primary N) is 2. The number of nitrogens with one attached hydrogen (secondary N) is 2. The molecule has 0 aliphatic carbocycles. The molecule has 0 heterocycles. The number of alkyl halides is 7. The first-order chi connectivity index (χ1) is 18.5. The summed E-state index contributed by atoms with van der Waals surface area (Å²) in [6, 6.07) is 4.03. The minimum Gasteiger partial charge on any atom is -0.370 e. The molecule has 6 N–H and O–H groups in total. The van der Waals surface area contributed by atoms with Gasteiger partial charge in [0.15, 0.2) is 5.96 Å². The van der Waals surface area contributed by atoms with Crippen molar-refractivity contribution in [3.63, 3.8) is 0 Å². The lowest BCUT2D eigenvalue weighted by Gasteiger charge is -2.21. The third-order valence-electron chi connectivity index (χ3n) is 5.06. The molecule has 2 aromatic rings. The highest BCUT2D eigenvalue weighted by molar-refractivity contribution is 7.17. The summed E-state index contributed by atoms with van der Waals surface area (Å²) in [5, 5.41) is 4.74. The zero-order chi connectivity index (χ0) is 30.7. The molecule has 0 saturated carbocycles. The first-order valence-electron chi connectivity index (χ1n) is 11.5. The van der Waals surface area contributed by atoms with Crippen LogP contribution in [0.3, 0.4) is 0 Å². The number of hydrogen-bond donors (Lipinski definition) is 4. The molecule has 2 amide bonds. The van der Waals surface area contributed by atoms with Crippen LogP contribution in [0.2, 0.25) is 0 Å². The number of hydrogen-bond acceptors (Lipinski definition) is 3. The van der Waals surface area contributed by atoms with Gasteiger partial charge in [-0.1, -0.05) is 29.0 Å². The lowest BCUT2D eigenvalue weighted by atomic mass is 9.98. The number of halogens is 8. The summed E-state index contributed by atoms with van der Waals surface area (Å²) in [5.41, 5.74) is 4.88. The van der Waals surface area contributed by atoms with Gasteiger partial charge in [0, 0.05) is 11.1 Å². The molecule has 0 fully saturated rings. The zero-order valence-electron chi connectivity index (χ0n) is 21.1. The van der Waals surface area contributed by atoms with Gasteiger partial charge in [-0.15, -0.1) is 0 Å². The Balaban J connectivity index is 0.00000254. The highest BCUT2D eigenvalue weighted by Gasteiger charge is 2.32. The maximum atomic E-state index is 13.9. The van der Waals surface area contributed by atoms with E-state index in [4.69, 9.17) is 11.5 Å². The fraction of sp³-hybridized carbons (Fsp3) is 0.375. The van der Waals surface area contributed by atoms with Crippen LogP contribution in [0, 0.1) is 5.82 Å². The van der Waals surface area contributed by atoms with Crippen molar-refractivity contribution in [1.82, 2.24) is 10.6 Å². The van der Waals surface area contributed by atoms with E-state index in [0.717, 1.165) is 30.3 Å². The number of guanidine groups is 1. The van der Waals surface area contributed by atoms with Crippen LogP contribution in [0.1, 0.15) is 59.3 Å². The van der Waals surface area contributed by atoms with Crippen LogP contribution in [0.25, 0.3) is 0 Å². The molecule has 16 heteroatoms. The van der Waals surface area contributed by atoms with E-state index >= 15 is 0 Å². The van der Waals surface area contributed by atoms with Gasteiger partial charge in [0.2, 0.25) is 12.8 Å². The Kier molecular flexibility index (Phi) is 13.3. The van der Waals surface area contributed by atoms with Crippen LogP contribution in [0.5, 0.6) is 0 Å². The monoisotopic (exact) mass is 601 g/mol. The van der Waals surface area contributed by atoms with E-state index in [9.17, 15) is 44.7 Å². The normalized spacial score (nSPS) is 12.1. The van der Waals surface area contributed by atoms with Gasteiger partial charge < -0.3 is 22.1 Å². The second kappa shape index (κ2) is 15.3. The number of carbonyl (C=O) groups is 2. The van der Waals surface area contributed by atoms with Gasteiger partial charge in [-0.3, -0.25) is 9.59 Å². The van der Waals surface area contributed by atoms with E-state index < -0.39 is 66.1 Å². The Morgan fingerprint density at radius 1 is 1.00 bits per heavy atom. The molecule has 0 bridgehead atoms. The van der Waals surface area contributed by atoms with Gasteiger partial charge in [0.05, 0.1) is 23.8 Å². The molecule has 7 nitrogen and oxygen atoms in total. The van der Waals surface area contributed by atoms with Crippen LogP contribution in [-0.2, 0) is 16.6 Å². The Morgan fingerprint density at radius 2 is 1.62 bits per heavy atom. The van der Waals surface area contributed by atoms with Gasteiger partial charge >= 0.3 is 6.18 Å². The number of nitrogens with zero attached hydrogens (tertiary/aromatic N) is 1. The maximum Gasteiger partial charge on any atom is 0.416 e. The van der Waals surface area contributed by atoms with E-state index in [-0.39, 0.29) is 23.2 Å². The first-order valence-corrected chi connectivity index (χ1v) is 12.1. The van der Waals surface area contributed by atoms with Gasteiger partial charge in [-0.25, -0.2) is 18.2 Å². The Hall–Kier alpha value is -3.48. The summed E-state index contributed by atoms with van der Waals surface area (Å²) in [4.78, 5) is 28.7. The minimum absolute atomic E-state index is 0.0855. The number of aliphatic imine (C=N–C) groups is 1. The van der Waals surface area contributed by atoms with Crippen molar-refractivity contribution in [2.24, 2.45) is 16.5 Å². The van der Waals surface area contributed by atoms with E-state index in [2.05, 4.69) is 15.6 Å². The lowest BCUT2D eigenvalue weighted by Crippen LogP contribution is -2.38. The van der Waals surface area contributed by atoms with Crippen molar-refractivity contribution in [2.75, 3.05) is 13.5 Å². The molecule has 2 atom stereocenters. The van der Waals surface area contributed by atoms with E-state index in [1.165, 1.54) is 9.24 Å². The fourth-order valence-electron chi connectivity index (χ4n) is 3.36. The van der Waals surface area contributed by atoms with Crippen LogP contribution in [0.4, 0.5) is 40.8 Å². The van der Waals surface area contributed by atoms with Crippen molar-refractivity contribution in [2.45, 2.75) is 44.1 Å². The van der Waals surface area contributed by atoms with Crippen molar-refractivity contribution in [1.29, 1.82) is 0 Å². The number of rotatable bonds is 10. The summed E-state index contributed by atoms with van der Waals surface area (Å²) in [6.07, 6.45) is -3.41. The molecule has 2 rings (SSSR count). The Morgan fingerprint density at radius 3 is 2.15 bits per heavy atom. The van der Waals surface area contributed by atoms with Crippen LogP contribution < -0.4 is 22.1 Å². The molecule has 0 saturated heterocycles. The number of unbranched alkanes of at least 4 members (excludes halogenated alkanes) is 1. The highest BCUT2D eigenvalue weighted by atomic mass is 31.0. The van der Waals surface area contributed by atoms with Crippen LogP contribution >= 0.6 is 9.24 Å². The standard InChI is InChI=1S/C23H26F6N5O2P.CH2F2/c1-2-3-4-18(12-5-14(22(25,26)27)9-16(24)7-12)34-19(35)11-32-20(36)13-6-15(23(28,29)37)10-17(8-13)33-21(30)31;2-1-3/h5-10,18H,2-4,11,37H2,1H3,(H,32,36)(H,34,35)(H4,30,31,33);1H2. The molecule has 2 aromatic carbocycles. The molecule has 40 heavy (non-hydrogen) atoms. The number of carbonyl (C=O) groups excluding carboxylic acids is 2. The molecule has 2 unspecified atom stereocenters. The first kappa shape index (κ1) is 34.5. The third kappa shape index (κ3) is 11.7. The van der Waals surface area contributed by atoms with Crippen LogP contribution in [-0.4, -0.2) is 31.2 Å². The summed E-state index contributed by atoms with van der Waals surface area (Å²) in [6.45, 7) is -0.559. The zero-order valence-corrected chi connectivity index (χ0v) is 22.3. The molecule has 0 aliphatic heterocycles. The van der Waals surface area contributed by atoms with Crippen LogP contribution in [0.15, 0.2) is 41.4 Å². The van der Waals surface area contributed by atoms with Crippen molar-refractivity contribution in [3.8, 4) is 0 Å². The second-order valence-electron chi connectivity index (χ2n) is 8.25. The predicted molar refractivity (Wildman–Crippen MR) is 137 cm³/mol. The summed E-state index contributed by atoms with van der Waals surface area (Å²) < 4.78 is 100. The largest absolute Gasteiger partial charge is 0.416 e. The third-order valence-corrected chi connectivity index (χ3v) is 5.40. The summed E-state index contributed by atoms with van der Waals surface area (Å²) in [5.74, 6) is -3.24. The van der Waals surface area contributed by atoms with Crippen molar-refractivity contribution < 1.29 is 44.7 Å². The van der Waals surface area contributed by atoms with Crippen molar-refractivity contribution >= 4 is 32.7 Å². The smallest absolute Gasteiger partial charge is 0.370 e. The summed E-state index contributed by atoms with van der Waals surface area (Å²) in [7, 11) is 1.31.